The molecule has 0 bridgehead atoms. The average molecular weight is 418 g/mol. The molecule has 7 heteroatoms. The summed E-state index contributed by atoms with van der Waals surface area (Å²) >= 11 is 21.4. The lowest BCUT2D eigenvalue weighted by atomic mass is 10.0. The Hall–Kier alpha value is -0.420. The molecule has 2 rings (SSSR count). The summed E-state index contributed by atoms with van der Waals surface area (Å²) in [5.74, 6) is 0. The summed E-state index contributed by atoms with van der Waals surface area (Å²) in [6.07, 6.45) is -4.43. The van der Waals surface area contributed by atoms with E-state index in [-0.39, 0.29) is 5.56 Å². The maximum atomic E-state index is 12.8. The summed E-state index contributed by atoms with van der Waals surface area (Å²) in [5.41, 5.74) is 0.00917. The van der Waals surface area contributed by atoms with Crippen molar-refractivity contribution in [1.82, 2.24) is 0 Å². The zero-order valence-corrected chi connectivity index (χ0v) is 14.0. The summed E-state index contributed by atoms with van der Waals surface area (Å²) < 4.78 is 38.9. The molecule has 0 amide bonds. The second-order valence-corrected chi connectivity index (χ2v) is 6.40. The lowest BCUT2D eigenvalue weighted by Crippen LogP contribution is -2.06. The third-order valence-electron chi connectivity index (χ3n) is 2.83. The molecule has 0 aliphatic rings. The Balaban J connectivity index is 2.50. The van der Waals surface area contributed by atoms with Crippen LogP contribution in [0.5, 0.6) is 0 Å². The minimum Gasteiger partial charge on any atom is -0.166 e. The Bertz CT molecular complexity index is 671. The van der Waals surface area contributed by atoms with Gasteiger partial charge in [0.2, 0.25) is 0 Å². The Morgan fingerprint density at radius 3 is 2.19 bits per heavy atom. The van der Waals surface area contributed by atoms with Crippen LogP contribution in [0.15, 0.2) is 40.9 Å². The molecule has 0 spiro atoms. The molecule has 0 N–H and O–H groups in total. The van der Waals surface area contributed by atoms with Crippen LogP contribution >= 0.6 is 50.7 Å². The standard InChI is InChI=1S/C14H7BrCl3F3/c15-11-4-1-7(14(19,20)21)5-10(11)13(18)9-3-2-8(16)6-12(9)17/h1-6,13H. The Morgan fingerprint density at radius 2 is 1.62 bits per heavy atom. The molecule has 0 saturated carbocycles. The zero-order chi connectivity index (χ0) is 15.8. The van der Waals surface area contributed by atoms with Crippen LogP contribution in [0, 0.1) is 0 Å². The molecular weight excluding hydrogens is 411 g/mol. The van der Waals surface area contributed by atoms with Crippen LogP contribution in [0.4, 0.5) is 13.2 Å². The van der Waals surface area contributed by atoms with E-state index in [1.807, 2.05) is 0 Å². The first kappa shape index (κ1) is 16.9. The second-order valence-electron chi connectivity index (χ2n) is 4.26. The number of rotatable bonds is 2. The van der Waals surface area contributed by atoms with Gasteiger partial charge in [0.25, 0.3) is 0 Å². The van der Waals surface area contributed by atoms with Crippen molar-refractivity contribution in [2.75, 3.05) is 0 Å². The molecule has 0 aromatic heterocycles. The maximum Gasteiger partial charge on any atom is 0.416 e. The Kier molecular flexibility index (Phi) is 5.14. The summed E-state index contributed by atoms with van der Waals surface area (Å²) in [7, 11) is 0. The summed E-state index contributed by atoms with van der Waals surface area (Å²) in [5, 5.41) is -0.103. The second kappa shape index (κ2) is 6.37. The smallest absolute Gasteiger partial charge is 0.166 e. The van der Waals surface area contributed by atoms with Gasteiger partial charge in [0.1, 0.15) is 0 Å². The highest BCUT2D eigenvalue weighted by atomic mass is 79.9. The molecule has 2 aromatic carbocycles. The van der Waals surface area contributed by atoms with Gasteiger partial charge in [-0.1, -0.05) is 45.2 Å². The highest BCUT2D eigenvalue weighted by Crippen LogP contribution is 2.40. The molecule has 0 nitrogen and oxygen atoms in total. The van der Waals surface area contributed by atoms with E-state index in [1.54, 1.807) is 12.1 Å². The first-order valence-electron chi connectivity index (χ1n) is 5.66. The molecular formula is C14H7BrCl3F3. The van der Waals surface area contributed by atoms with Crippen molar-refractivity contribution in [3.63, 3.8) is 0 Å². The Morgan fingerprint density at radius 1 is 0.952 bits per heavy atom. The van der Waals surface area contributed by atoms with Gasteiger partial charge in [-0.3, -0.25) is 0 Å². The lowest BCUT2D eigenvalue weighted by Gasteiger charge is -2.16. The van der Waals surface area contributed by atoms with Crippen molar-refractivity contribution >= 4 is 50.7 Å². The van der Waals surface area contributed by atoms with Gasteiger partial charge in [-0.05, 0) is 41.5 Å². The molecule has 0 radical (unpaired) electrons. The third-order valence-corrected chi connectivity index (χ3v) is 4.59. The molecule has 0 aliphatic carbocycles. The molecule has 0 aliphatic heterocycles. The van der Waals surface area contributed by atoms with Gasteiger partial charge in [-0.15, -0.1) is 11.6 Å². The third kappa shape index (κ3) is 3.86. The number of halogens is 7. The molecule has 1 atom stereocenters. The lowest BCUT2D eigenvalue weighted by molar-refractivity contribution is -0.137. The maximum absolute atomic E-state index is 12.8. The van der Waals surface area contributed by atoms with E-state index in [0.717, 1.165) is 12.1 Å². The van der Waals surface area contributed by atoms with E-state index in [1.165, 1.54) is 12.1 Å². The van der Waals surface area contributed by atoms with Crippen molar-refractivity contribution in [3.8, 4) is 0 Å². The summed E-state index contributed by atoms with van der Waals surface area (Å²) in [6.45, 7) is 0. The van der Waals surface area contributed by atoms with E-state index in [0.29, 0.717) is 20.1 Å². The van der Waals surface area contributed by atoms with Gasteiger partial charge in [0, 0.05) is 14.5 Å². The van der Waals surface area contributed by atoms with Crippen molar-refractivity contribution in [3.05, 3.63) is 67.6 Å². The first-order valence-corrected chi connectivity index (χ1v) is 7.64. The fourth-order valence-electron chi connectivity index (χ4n) is 1.79. The van der Waals surface area contributed by atoms with E-state index >= 15 is 0 Å². The number of benzene rings is 2. The minimum absolute atomic E-state index is 0.288. The number of alkyl halides is 4. The van der Waals surface area contributed by atoms with Crippen molar-refractivity contribution in [2.45, 2.75) is 11.6 Å². The van der Waals surface area contributed by atoms with Crippen molar-refractivity contribution < 1.29 is 13.2 Å². The first-order chi connectivity index (χ1) is 9.70. The normalized spacial score (nSPS) is 13.3. The Labute approximate surface area is 142 Å². The van der Waals surface area contributed by atoms with Crippen LogP contribution in [-0.4, -0.2) is 0 Å². The van der Waals surface area contributed by atoms with Crippen LogP contribution < -0.4 is 0 Å². The fraction of sp³-hybridized carbons (Fsp3) is 0.143. The predicted octanol–water partition coefficient (Wildman–Crippen LogP) is 7.10. The predicted molar refractivity (Wildman–Crippen MR) is 83.3 cm³/mol. The van der Waals surface area contributed by atoms with Gasteiger partial charge in [0.15, 0.2) is 0 Å². The average Bonchev–Trinajstić information content (AvgIpc) is 2.37. The van der Waals surface area contributed by atoms with Crippen LogP contribution in [0.25, 0.3) is 0 Å². The van der Waals surface area contributed by atoms with Crippen molar-refractivity contribution in [1.29, 1.82) is 0 Å². The van der Waals surface area contributed by atoms with E-state index in [4.69, 9.17) is 34.8 Å². The molecule has 0 fully saturated rings. The summed E-state index contributed by atoms with van der Waals surface area (Å²) in [4.78, 5) is 0. The topological polar surface area (TPSA) is 0 Å². The number of hydrogen-bond acceptors (Lipinski definition) is 0. The van der Waals surface area contributed by atoms with Gasteiger partial charge in [-0.25, -0.2) is 0 Å². The SMILES string of the molecule is FC(F)(F)c1ccc(Br)c(C(Cl)c2ccc(Cl)cc2Cl)c1. The highest BCUT2D eigenvalue weighted by Gasteiger charge is 2.32. The molecule has 2 aromatic rings. The van der Waals surface area contributed by atoms with Crippen LogP contribution in [0.3, 0.4) is 0 Å². The quantitative estimate of drug-likeness (QED) is 0.456. The van der Waals surface area contributed by atoms with Crippen LogP contribution in [0.1, 0.15) is 22.1 Å². The van der Waals surface area contributed by atoms with Crippen LogP contribution in [0.2, 0.25) is 10.0 Å². The number of hydrogen-bond donors (Lipinski definition) is 0. The summed E-state index contributed by atoms with van der Waals surface area (Å²) in [6, 6.07) is 7.98. The molecule has 21 heavy (non-hydrogen) atoms. The van der Waals surface area contributed by atoms with E-state index in [2.05, 4.69) is 15.9 Å². The minimum atomic E-state index is -4.43. The molecule has 1 unspecified atom stereocenters. The van der Waals surface area contributed by atoms with Gasteiger partial charge >= 0.3 is 6.18 Å². The van der Waals surface area contributed by atoms with Crippen molar-refractivity contribution in [2.24, 2.45) is 0 Å². The fourth-order valence-corrected chi connectivity index (χ4v) is 3.34. The zero-order valence-electron chi connectivity index (χ0n) is 10.2. The van der Waals surface area contributed by atoms with Crippen LogP contribution in [-0.2, 0) is 6.18 Å². The van der Waals surface area contributed by atoms with Gasteiger partial charge < -0.3 is 0 Å². The van der Waals surface area contributed by atoms with E-state index in [9.17, 15) is 13.2 Å². The largest absolute Gasteiger partial charge is 0.416 e. The van der Waals surface area contributed by atoms with Gasteiger partial charge in [-0.2, -0.15) is 13.2 Å². The van der Waals surface area contributed by atoms with E-state index < -0.39 is 17.1 Å². The van der Waals surface area contributed by atoms with Gasteiger partial charge in [0.05, 0.1) is 10.9 Å². The molecule has 0 heterocycles. The highest BCUT2D eigenvalue weighted by molar-refractivity contribution is 9.10. The molecule has 0 saturated heterocycles. The monoisotopic (exact) mass is 416 g/mol. The molecule has 112 valence electrons.